The number of fused-ring (bicyclic) bond motifs is 3. The Kier molecular flexibility index (Phi) is 11.4. The van der Waals surface area contributed by atoms with Crippen LogP contribution in [-0.2, 0) is 27.2 Å². The molecule has 2 aliphatic carbocycles. The SMILES string of the molecule is COC(=O)N[C@H](C(=O)N1CCC[C@H]1c1nc2c([nH]1)CCc1cc(-c3ccc(-c4cnc([C@H]5CCC[C@@H]5N(C)C(=O)[C@@H](NC(=O)O)C(C)C)[nH]4)cc3)ccc1-2)C(C)C. The van der Waals surface area contributed by atoms with Crippen LogP contribution in [0.2, 0.25) is 0 Å². The molecule has 2 aromatic heterocycles. The number of hydrogen-bond donors (Lipinski definition) is 5. The number of carbonyl (C=O) groups excluding carboxylic acids is 3. The second kappa shape index (κ2) is 16.4. The van der Waals surface area contributed by atoms with Gasteiger partial charge in [-0.15, -0.1) is 0 Å². The van der Waals surface area contributed by atoms with Gasteiger partial charge in [0.1, 0.15) is 23.7 Å². The number of aromatic nitrogens is 4. The Balaban J connectivity index is 1.04. The minimum absolute atomic E-state index is 0.0263. The number of H-pyrrole nitrogens is 2. The largest absolute Gasteiger partial charge is 0.465 e. The van der Waals surface area contributed by atoms with Gasteiger partial charge >= 0.3 is 12.2 Å². The van der Waals surface area contributed by atoms with Crippen molar-refractivity contribution < 1.29 is 29.0 Å². The van der Waals surface area contributed by atoms with Crippen molar-refractivity contribution in [3.63, 3.8) is 0 Å². The highest BCUT2D eigenvalue weighted by molar-refractivity contribution is 5.87. The molecule has 14 heteroatoms. The predicted octanol–water partition coefficient (Wildman–Crippen LogP) is 6.66. The molecule has 0 spiro atoms. The summed E-state index contributed by atoms with van der Waals surface area (Å²) in [4.78, 5) is 71.0. The number of alkyl carbamates (subject to hydrolysis) is 1. The summed E-state index contributed by atoms with van der Waals surface area (Å²) in [6.45, 7) is 8.12. The molecule has 0 unspecified atom stereocenters. The van der Waals surface area contributed by atoms with Crippen LogP contribution in [0.15, 0.2) is 48.7 Å². The van der Waals surface area contributed by atoms with E-state index in [1.807, 2.05) is 38.8 Å². The summed E-state index contributed by atoms with van der Waals surface area (Å²) in [7, 11) is 3.07. The van der Waals surface area contributed by atoms with Gasteiger partial charge in [0, 0.05) is 36.8 Å². The normalized spacial score (nSPS) is 19.9. The standard InChI is InChI=1S/C43H54N8O6/c1-23(2)35(48-42(54)55)40(52)50(5)33-10-7-9-30(33)38-44-22-32(46-38)26-14-12-25(13-15-26)27-16-18-29-28(21-27)17-19-31-37(29)47-39(45-31)34-11-8-20-51(34)41(53)36(24(3)4)49-43(56)57-6/h12-16,18,21-24,30,33-36,48H,7-11,17,19-20H2,1-6H3,(H,44,46)(H,45,47)(H,49,56)(H,54,55)/t30-,33-,34-,35-,36-/m0/s1. The van der Waals surface area contributed by atoms with Crippen molar-refractivity contribution in [2.75, 3.05) is 20.7 Å². The first kappa shape index (κ1) is 39.6. The smallest absolute Gasteiger partial charge is 0.407 e. The number of hydrogen-bond acceptors (Lipinski definition) is 7. The van der Waals surface area contributed by atoms with Crippen LogP contribution in [0.5, 0.6) is 0 Å². The molecule has 57 heavy (non-hydrogen) atoms. The summed E-state index contributed by atoms with van der Waals surface area (Å²) >= 11 is 0. The van der Waals surface area contributed by atoms with E-state index in [9.17, 15) is 24.3 Å². The summed E-state index contributed by atoms with van der Waals surface area (Å²) in [5, 5.41) is 14.4. The van der Waals surface area contributed by atoms with Gasteiger partial charge < -0.3 is 40.2 Å². The van der Waals surface area contributed by atoms with Gasteiger partial charge in [0.2, 0.25) is 11.8 Å². The van der Waals surface area contributed by atoms with Gasteiger partial charge in [0.05, 0.1) is 30.7 Å². The molecule has 4 aromatic rings. The molecule has 2 fully saturated rings. The zero-order chi connectivity index (χ0) is 40.5. The van der Waals surface area contributed by atoms with E-state index in [1.165, 1.54) is 12.7 Å². The van der Waals surface area contributed by atoms with Crippen LogP contribution in [0.25, 0.3) is 33.6 Å². The van der Waals surface area contributed by atoms with Crippen molar-refractivity contribution in [3.05, 3.63) is 71.6 Å². The third-order valence-electron chi connectivity index (χ3n) is 12.1. The molecule has 1 aliphatic heterocycles. The fourth-order valence-corrected chi connectivity index (χ4v) is 8.92. The van der Waals surface area contributed by atoms with E-state index in [2.05, 4.69) is 63.1 Å². The van der Waals surface area contributed by atoms with Gasteiger partial charge in [-0.25, -0.2) is 19.6 Å². The number of imidazole rings is 2. The number of likely N-dealkylation sites (tertiary alicyclic amines) is 1. The fourth-order valence-electron chi connectivity index (χ4n) is 8.92. The van der Waals surface area contributed by atoms with Gasteiger partial charge in [0.25, 0.3) is 0 Å². The van der Waals surface area contributed by atoms with E-state index in [0.29, 0.717) is 6.54 Å². The van der Waals surface area contributed by atoms with E-state index >= 15 is 0 Å². The number of nitrogens with one attached hydrogen (secondary N) is 4. The first-order valence-electron chi connectivity index (χ1n) is 20.1. The van der Waals surface area contributed by atoms with E-state index < -0.39 is 24.3 Å². The van der Waals surface area contributed by atoms with Crippen LogP contribution < -0.4 is 10.6 Å². The Hall–Kier alpha value is -5.66. The predicted molar refractivity (Wildman–Crippen MR) is 215 cm³/mol. The number of benzene rings is 2. The number of rotatable bonds is 11. The first-order valence-corrected chi connectivity index (χ1v) is 20.1. The highest BCUT2D eigenvalue weighted by Crippen LogP contribution is 2.40. The second-order valence-corrected chi connectivity index (χ2v) is 16.4. The van der Waals surface area contributed by atoms with E-state index in [4.69, 9.17) is 14.7 Å². The number of aromatic amines is 2. The Morgan fingerprint density at radius 1 is 0.877 bits per heavy atom. The Bertz CT molecular complexity index is 2120. The molecule has 1 saturated heterocycles. The summed E-state index contributed by atoms with van der Waals surface area (Å²) in [5.41, 5.74) is 8.48. The monoisotopic (exact) mass is 778 g/mol. The lowest BCUT2D eigenvalue weighted by molar-refractivity contribution is -0.136. The fraction of sp³-hybridized carbons (Fsp3) is 0.488. The maximum atomic E-state index is 13.7. The van der Waals surface area contributed by atoms with Crippen molar-refractivity contribution in [1.29, 1.82) is 0 Å². The van der Waals surface area contributed by atoms with Crippen LogP contribution in [-0.4, -0.2) is 97.7 Å². The highest BCUT2D eigenvalue weighted by atomic mass is 16.5. The molecule has 5 atom stereocenters. The Morgan fingerprint density at radius 3 is 2.30 bits per heavy atom. The van der Waals surface area contributed by atoms with E-state index in [0.717, 1.165) is 95.9 Å². The third kappa shape index (κ3) is 7.99. The average molecular weight is 779 g/mol. The van der Waals surface area contributed by atoms with Crippen LogP contribution in [0, 0.1) is 11.8 Å². The van der Waals surface area contributed by atoms with Gasteiger partial charge in [-0.3, -0.25) is 9.59 Å². The molecule has 7 rings (SSSR count). The molecule has 0 bridgehead atoms. The lowest BCUT2D eigenvalue weighted by atomic mass is 9.89. The first-order chi connectivity index (χ1) is 27.3. The summed E-state index contributed by atoms with van der Waals surface area (Å²) in [6.07, 6.45) is 6.06. The maximum Gasteiger partial charge on any atom is 0.407 e. The van der Waals surface area contributed by atoms with Crippen LogP contribution >= 0.6 is 0 Å². The van der Waals surface area contributed by atoms with E-state index in [1.54, 1.807) is 11.9 Å². The number of likely N-dealkylation sites (N-methyl/N-ethyl adjacent to an activating group) is 1. The van der Waals surface area contributed by atoms with Crippen LogP contribution in [0.4, 0.5) is 9.59 Å². The Morgan fingerprint density at radius 2 is 1.60 bits per heavy atom. The van der Waals surface area contributed by atoms with Crippen molar-refractivity contribution in [2.24, 2.45) is 11.8 Å². The molecule has 4 amide bonds. The number of ether oxygens (including phenoxy) is 1. The Labute approximate surface area is 333 Å². The number of carboxylic acid groups (broad SMARTS) is 1. The molecular weight excluding hydrogens is 725 g/mol. The number of methoxy groups -OCH3 is 1. The molecule has 3 aliphatic rings. The van der Waals surface area contributed by atoms with Gasteiger partial charge in [-0.1, -0.05) is 76.6 Å². The van der Waals surface area contributed by atoms with Crippen LogP contribution in [0.3, 0.4) is 0 Å². The number of carbonyl (C=O) groups is 4. The van der Waals surface area contributed by atoms with Crippen LogP contribution in [0.1, 0.15) is 94.7 Å². The van der Waals surface area contributed by atoms with Crippen molar-refractivity contribution in [3.8, 4) is 33.6 Å². The maximum absolute atomic E-state index is 13.7. The quantitative estimate of drug-likeness (QED) is 0.112. The number of amides is 4. The van der Waals surface area contributed by atoms with Gasteiger partial charge in [-0.05, 0) is 72.6 Å². The molecule has 302 valence electrons. The average Bonchev–Trinajstić information content (AvgIpc) is 4.04. The lowest BCUT2D eigenvalue weighted by Gasteiger charge is -2.33. The van der Waals surface area contributed by atoms with Crippen molar-refractivity contribution in [1.82, 2.24) is 40.4 Å². The summed E-state index contributed by atoms with van der Waals surface area (Å²) in [5.74, 6) is 1.03. The molecule has 14 nitrogen and oxygen atoms in total. The minimum atomic E-state index is -1.20. The van der Waals surface area contributed by atoms with Gasteiger partial charge in [0.15, 0.2) is 0 Å². The summed E-state index contributed by atoms with van der Waals surface area (Å²) in [6, 6.07) is 13.2. The van der Waals surface area contributed by atoms with Gasteiger partial charge in [-0.2, -0.15) is 0 Å². The minimum Gasteiger partial charge on any atom is -0.465 e. The van der Waals surface area contributed by atoms with Crippen molar-refractivity contribution in [2.45, 2.75) is 103 Å². The molecule has 2 aromatic carbocycles. The summed E-state index contributed by atoms with van der Waals surface area (Å²) < 4.78 is 4.79. The zero-order valence-corrected chi connectivity index (χ0v) is 33.6. The topological polar surface area (TPSA) is 186 Å². The third-order valence-corrected chi connectivity index (χ3v) is 12.1. The van der Waals surface area contributed by atoms with E-state index in [-0.39, 0.29) is 41.7 Å². The molecule has 5 N–H and O–H groups in total. The molecule has 1 saturated carbocycles. The molecular formula is C43H54N8O6. The molecule has 3 heterocycles. The molecule has 0 radical (unpaired) electrons. The number of aryl methyl sites for hydroxylation is 2. The van der Waals surface area contributed by atoms with Crippen molar-refractivity contribution >= 4 is 24.0 Å². The zero-order valence-electron chi connectivity index (χ0n) is 33.6. The second-order valence-electron chi connectivity index (χ2n) is 16.4. The lowest BCUT2D eigenvalue weighted by Crippen LogP contribution is -2.52. The highest BCUT2D eigenvalue weighted by Gasteiger charge is 2.40. The number of nitrogens with zero attached hydrogens (tertiary/aromatic N) is 4.